The molecule has 0 saturated carbocycles. The van der Waals surface area contributed by atoms with Crippen molar-refractivity contribution in [1.82, 2.24) is 9.97 Å². The second-order valence-corrected chi connectivity index (χ2v) is 4.66. The molecule has 0 aliphatic heterocycles. The minimum Gasteiger partial charge on any atom is -0.331 e. The van der Waals surface area contributed by atoms with Gasteiger partial charge in [0.1, 0.15) is 0 Å². The first-order valence-electron chi connectivity index (χ1n) is 5.09. The Labute approximate surface area is 104 Å². The second kappa shape index (κ2) is 4.29. The summed E-state index contributed by atoms with van der Waals surface area (Å²) < 4.78 is 1.17. The highest BCUT2D eigenvalue weighted by Crippen LogP contribution is 2.28. The summed E-state index contributed by atoms with van der Waals surface area (Å²) in [7, 11) is 2.00. The predicted octanol–water partition coefficient (Wildman–Crippen LogP) is 3.56. The summed E-state index contributed by atoms with van der Waals surface area (Å²) in [6, 6.07) is 4.28. The standard InChI is InChI=1S/C12H14BrN3/c1-8-6-10(7-9(2)11(8)13)16(3)12-14-4-5-15-12/h4-7H,1-3H3,(H,14,15). The number of benzene rings is 1. The number of H-pyrrole nitrogens is 1. The molecule has 1 aromatic heterocycles. The zero-order chi connectivity index (χ0) is 11.7. The van der Waals surface area contributed by atoms with Crippen LogP contribution in [-0.4, -0.2) is 17.0 Å². The molecule has 0 amide bonds. The van der Waals surface area contributed by atoms with Crippen LogP contribution in [0.3, 0.4) is 0 Å². The van der Waals surface area contributed by atoms with Crippen LogP contribution in [0.25, 0.3) is 0 Å². The number of aromatic nitrogens is 2. The Balaban J connectivity index is 2.42. The number of anilines is 2. The first-order chi connectivity index (χ1) is 7.59. The zero-order valence-electron chi connectivity index (χ0n) is 9.58. The van der Waals surface area contributed by atoms with E-state index in [1.807, 2.05) is 18.1 Å². The maximum atomic E-state index is 4.23. The molecule has 2 rings (SSSR count). The van der Waals surface area contributed by atoms with Crippen LogP contribution in [0, 0.1) is 13.8 Å². The van der Waals surface area contributed by atoms with Crippen LogP contribution in [0.15, 0.2) is 29.0 Å². The zero-order valence-corrected chi connectivity index (χ0v) is 11.2. The van der Waals surface area contributed by atoms with Gasteiger partial charge in [0.2, 0.25) is 5.95 Å². The Morgan fingerprint density at radius 3 is 2.38 bits per heavy atom. The maximum Gasteiger partial charge on any atom is 0.207 e. The van der Waals surface area contributed by atoms with Crippen LogP contribution in [0.4, 0.5) is 11.6 Å². The summed E-state index contributed by atoms with van der Waals surface area (Å²) in [6.45, 7) is 4.19. The molecule has 2 aromatic rings. The Morgan fingerprint density at radius 2 is 1.88 bits per heavy atom. The first-order valence-corrected chi connectivity index (χ1v) is 5.88. The van der Waals surface area contributed by atoms with Gasteiger partial charge in [-0.25, -0.2) is 4.98 Å². The largest absolute Gasteiger partial charge is 0.331 e. The molecule has 0 unspecified atom stereocenters. The molecule has 3 nitrogen and oxygen atoms in total. The van der Waals surface area contributed by atoms with E-state index < -0.39 is 0 Å². The van der Waals surface area contributed by atoms with Gasteiger partial charge in [-0.15, -0.1) is 0 Å². The highest BCUT2D eigenvalue weighted by molar-refractivity contribution is 9.10. The fraction of sp³-hybridized carbons (Fsp3) is 0.250. The highest BCUT2D eigenvalue weighted by atomic mass is 79.9. The fourth-order valence-corrected chi connectivity index (χ4v) is 1.91. The molecule has 0 radical (unpaired) electrons. The number of hydrogen-bond donors (Lipinski definition) is 1. The number of imidazole rings is 1. The van der Waals surface area contributed by atoms with E-state index in [-0.39, 0.29) is 0 Å². The van der Waals surface area contributed by atoms with Crippen LogP contribution >= 0.6 is 15.9 Å². The van der Waals surface area contributed by atoms with Crippen molar-refractivity contribution in [3.63, 3.8) is 0 Å². The molecule has 0 spiro atoms. The molecule has 0 saturated heterocycles. The van der Waals surface area contributed by atoms with E-state index in [1.165, 1.54) is 15.6 Å². The number of nitrogens with zero attached hydrogens (tertiary/aromatic N) is 2. The minimum absolute atomic E-state index is 0.848. The van der Waals surface area contributed by atoms with Gasteiger partial charge >= 0.3 is 0 Å². The van der Waals surface area contributed by atoms with Crippen LogP contribution in [0.5, 0.6) is 0 Å². The predicted molar refractivity (Wildman–Crippen MR) is 70.3 cm³/mol. The van der Waals surface area contributed by atoms with E-state index >= 15 is 0 Å². The quantitative estimate of drug-likeness (QED) is 0.912. The molecular weight excluding hydrogens is 266 g/mol. The van der Waals surface area contributed by atoms with Crippen molar-refractivity contribution in [2.24, 2.45) is 0 Å². The second-order valence-electron chi connectivity index (χ2n) is 3.87. The molecule has 16 heavy (non-hydrogen) atoms. The van der Waals surface area contributed by atoms with Crippen molar-refractivity contribution < 1.29 is 0 Å². The average Bonchev–Trinajstić information content (AvgIpc) is 2.77. The number of rotatable bonds is 2. The van der Waals surface area contributed by atoms with Gasteiger partial charge in [0.15, 0.2) is 0 Å². The molecule has 84 valence electrons. The molecule has 0 bridgehead atoms. The van der Waals surface area contributed by atoms with Gasteiger partial charge in [0.25, 0.3) is 0 Å². The van der Waals surface area contributed by atoms with E-state index in [1.54, 1.807) is 6.20 Å². The highest BCUT2D eigenvalue weighted by Gasteiger charge is 2.09. The molecule has 4 heteroatoms. The van der Waals surface area contributed by atoms with Crippen molar-refractivity contribution in [1.29, 1.82) is 0 Å². The van der Waals surface area contributed by atoms with Gasteiger partial charge in [-0.1, -0.05) is 15.9 Å². The lowest BCUT2D eigenvalue weighted by molar-refractivity contribution is 1.09. The normalized spacial score (nSPS) is 10.5. The van der Waals surface area contributed by atoms with Crippen LogP contribution in [-0.2, 0) is 0 Å². The van der Waals surface area contributed by atoms with Crippen molar-refractivity contribution in [2.75, 3.05) is 11.9 Å². The van der Waals surface area contributed by atoms with Crippen molar-refractivity contribution in [3.8, 4) is 0 Å². The maximum absolute atomic E-state index is 4.23. The third-order valence-electron chi connectivity index (χ3n) is 2.61. The van der Waals surface area contributed by atoms with E-state index in [0.29, 0.717) is 0 Å². The Bertz CT molecular complexity index is 468. The fourth-order valence-electron chi connectivity index (χ4n) is 1.68. The van der Waals surface area contributed by atoms with Crippen molar-refractivity contribution in [3.05, 3.63) is 40.1 Å². The monoisotopic (exact) mass is 279 g/mol. The van der Waals surface area contributed by atoms with E-state index in [4.69, 9.17) is 0 Å². The lowest BCUT2D eigenvalue weighted by atomic mass is 10.1. The Morgan fingerprint density at radius 1 is 1.25 bits per heavy atom. The molecule has 0 aliphatic carbocycles. The molecule has 0 fully saturated rings. The SMILES string of the molecule is Cc1cc(N(C)c2ncc[nH]2)cc(C)c1Br. The van der Waals surface area contributed by atoms with E-state index in [9.17, 15) is 0 Å². The number of hydrogen-bond acceptors (Lipinski definition) is 2. The number of aromatic amines is 1. The van der Waals surface area contributed by atoms with E-state index in [0.717, 1.165) is 11.6 Å². The van der Waals surface area contributed by atoms with Crippen LogP contribution < -0.4 is 4.90 Å². The number of halogens is 1. The summed E-state index contributed by atoms with van der Waals surface area (Å²) >= 11 is 3.57. The Kier molecular flexibility index (Phi) is 3.01. The molecule has 0 aliphatic rings. The topological polar surface area (TPSA) is 31.9 Å². The van der Waals surface area contributed by atoms with E-state index in [2.05, 4.69) is 51.9 Å². The summed E-state index contributed by atoms with van der Waals surface area (Å²) in [5, 5.41) is 0. The van der Waals surface area contributed by atoms with Gasteiger partial charge in [0, 0.05) is 29.6 Å². The van der Waals surface area contributed by atoms with Crippen molar-refractivity contribution in [2.45, 2.75) is 13.8 Å². The van der Waals surface area contributed by atoms with Crippen LogP contribution in [0.2, 0.25) is 0 Å². The Hall–Kier alpha value is -1.29. The lowest BCUT2D eigenvalue weighted by Crippen LogP contribution is -2.11. The van der Waals surface area contributed by atoms with Gasteiger partial charge in [-0.3, -0.25) is 0 Å². The molecular formula is C12H14BrN3. The third-order valence-corrected chi connectivity index (χ3v) is 3.86. The van der Waals surface area contributed by atoms with Crippen molar-refractivity contribution >= 4 is 27.6 Å². The lowest BCUT2D eigenvalue weighted by Gasteiger charge is -2.18. The van der Waals surface area contributed by atoms with Gasteiger partial charge < -0.3 is 9.88 Å². The number of aryl methyl sites for hydroxylation is 2. The summed E-state index contributed by atoms with van der Waals surface area (Å²) in [6.07, 6.45) is 3.58. The van der Waals surface area contributed by atoms with Gasteiger partial charge in [0.05, 0.1) is 0 Å². The average molecular weight is 280 g/mol. The van der Waals surface area contributed by atoms with Crippen LogP contribution in [0.1, 0.15) is 11.1 Å². The minimum atomic E-state index is 0.848. The summed E-state index contributed by atoms with van der Waals surface area (Å²) in [5.74, 6) is 0.848. The summed E-state index contributed by atoms with van der Waals surface area (Å²) in [4.78, 5) is 9.36. The van der Waals surface area contributed by atoms with Gasteiger partial charge in [-0.2, -0.15) is 0 Å². The molecule has 0 atom stereocenters. The molecule has 1 aromatic carbocycles. The number of nitrogens with one attached hydrogen (secondary N) is 1. The first kappa shape index (κ1) is 11.2. The molecule has 1 heterocycles. The van der Waals surface area contributed by atoms with Gasteiger partial charge in [-0.05, 0) is 37.1 Å². The third kappa shape index (κ3) is 1.97. The summed E-state index contributed by atoms with van der Waals surface area (Å²) in [5.41, 5.74) is 3.59. The molecule has 1 N–H and O–H groups in total. The smallest absolute Gasteiger partial charge is 0.207 e.